The number of carbonyl (C=O) groups is 1. The van der Waals surface area contributed by atoms with Crippen molar-refractivity contribution < 1.29 is 9.53 Å². The van der Waals surface area contributed by atoms with Gasteiger partial charge in [0.1, 0.15) is 11.4 Å². The molecule has 4 rings (SSSR count). The molecule has 1 fully saturated rings. The van der Waals surface area contributed by atoms with Crippen molar-refractivity contribution in [3.05, 3.63) is 66.1 Å². The van der Waals surface area contributed by atoms with Crippen molar-refractivity contribution >= 4 is 34.9 Å². The quantitative estimate of drug-likeness (QED) is 0.399. The van der Waals surface area contributed by atoms with E-state index in [-0.39, 0.29) is 5.91 Å². The molecule has 166 valence electrons. The molecule has 0 unspecified atom stereocenters. The predicted molar refractivity (Wildman–Crippen MR) is 127 cm³/mol. The Kier molecular flexibility index (Phi) is 7.52. The van der Waals surface area contributed by atoms with Gasteiger partial charge in [0.25, 0.3) is 5.91 Å². The summed E-state index contributed by atoms with van der Waals surface area (Å²) in [5, 5.41) is 6.82. The lowest BCUT2D eigenvalue weighted by atomic mass is 10.2. The molecule has 1 amide bonds. The Morgan fingerprint density at radius 2 is 1.94 bits per heavy atom. The average Bonchev–Trinajstić information content (AvgIpc) is 2.85. The van der Waals surface area contributed by atoms with Crippen molar-refractivity contribution in [2.75, 3.05) is 49.3 Å². The van der Waals surface area contributed by atoms with Crippen LogP contribution < -0.4 is 15.5 Å². The molecular weight excluding hydrogens is 424 g/mol. The number of anilines is 3. The maximum Gasteiger partial charge on any atom is 0.256 e. The zero-order chi connectivity index (χ0) is 22.2. The van der Waals surface area contributed by atoms with Crippen LogP contribution in [0, 0.1) is 0 Å². The summed E-state index contributed by atoms with van der Waals surface area (Å²) in [6, 6.07) is 13.9. The van der Waals surface area contributed by atoms with E-state index < -0.39 is 0 Å². The van der Waals surface area contributed by atoms with Crippen LogP contribution in [0.15, 0.2) is 60.0 Å². The van der Waals surface area contributed by atoms with E-state index in [1.54, 1.807) is 12.4 Å². The number of amides is 1. The standard InChI is InChI=1S/C23H26N6O2S/c1-32-23-26-16-20(22(30)25-11-9-17-4-2-3-10-24-17)21(28-23)27-18-5-7-19(8-6-18)29-12-14-31-15-13-29/h2-8,10,16H,9,11-15H2,1H3,(H,25,30)(H,26,27,28). The molecule has 0 spiro atoms. The van der Waals surface area contributed by atoms with Gasteiger partial charge < -0.3 is 20.3 Å². The lowest BCUT2D eigenvalue weighted by Gasteiger charge is -2.29. The van der Waals surface area contributed by atoms with Gasteiger partial charge in [-0.2, -0.15) is 0 Å². The highest BCUT2D eigenvalue weighted by molar-refractivity contribution is 7.98. The second-order valence-corrected chi connectivity index (χ2v) is 7.99. The molecule has 0 aliphatic carbocycles. The third-order valence-corrected chi connectivity index (χ3v) is 5.65. The van der Waals surface area contributed by atoms with Crippen LogP contribution in [0.4, 0.5) is 17.2 Å². The number of hydrogen-bond acceptors (Lipinski definition) is 8. The molecule has 32 heavy (non-hydrogen) atoms. The maximum absolute atomic E-state index is 12.8. The minimum atomic E-state index is -0.221. The summed E-state index contributed by atoms with van der Waals surface area (Å²) < 4.78 is 5.42. The Morgan fingerprint density at radius 1 is 1.12 bits per heavy atom. The first-order chi connectivity index (χ1) is 15.7. The number of carbonyl (C=O) groups excluding carboxylic acids is 1. The molecule has 2 aromatic heterocycles. The SMILES string of the molecule is CSc1ncc(C(=O)NCCc2ccccn2)c(Nc2ccc(N3CCOCC3)cc2)n1. The van der Waals surface area contributed by atoms with Gasteiger partial charge in [-0.05, 0) is 42.7 Å². The number of hydrogen-bond donors (Lipinski definition) is 2. The second kappa shape index (κ2) is 10.9. The molecule has 2 N–H and O–H groups in total. The largest absolute Gasteiger partial charge is 0.378 e. The van der Waals surface area contributed by atoms with Crippen LogP contribution >= 0.6 is 11.8 Å². The number of thioether (sulfide) groups is 1. The summed E-state index contributed by atoms with van der Waals surface area (Å²) >= 11 is 1.43. The summed E-state index contributed by atoms with van der Waals surface area (Å²) in [4.78, 5) is 28.2. The van der Waals surface area contributed by atoms with Gasteiger partial charge in [-0.15, -0.1) is 0 Å². The van der Waals surface area contributed by atoms with Crippen molar-refractivity contribution in [3.8, 4) is 0 Å². The Labute approximate surface area is 191 Å². The van der Waals surface area contributed by atoms with E-state index in [4.69, 9.17) is 4.74 Å². The molecule has 1 aliphatic heterocycles. The third-order valence-electron chi connectivity index (χ3n) is 5.09. The first kappa shape index (κ1) is 22.0. The molecular formula is C23H26N6O2S. The number of nitrogens with zero attached hydrogens (tertiary/aromatic N) is 4. The van der Waals surface area contributed by atoms with Gasteiger partial charge in [-0.25, -0.2) is 9.97 Å². The molecule has 1 aliphatic rings. The Balaban J connectivity index is 1.44. The average molecular weight is 451 g/mol. The van der Waals surface area contributed by atoms with Crippen LogP contribution in [-0.4, -0.2) is 60.0 Å². The van der Waals surface area contributed by atoms with Crippen LogP contribution in [0.5, 0.6) is 0 Å². The van der Waals surface area contributed by atoms with E-state index in [9.17, 15) is 4.79 Å². The summed E-state index contributed by atoms with van der Waals surface area (Å²) in [5.74, 6) is 0.264. The minimum absolute atomic E-state index is 0.221. The lowest BCUT2D eigenvalue weighted by molar-refractivity contribution is 0.0954. The number of nitrogens with one attached hydrogen (secondary N) is 2. The monoisotopic (exact) mass is 450 g/mol. The number of benzene rings is 1. The van der Waals surface area contributed by atoms with Crippen LogP contribution in [-0.2, 0) is 11.2 Å². The molecule has 1 saturated heterocycles. The van der Waals surface area contributed by atoms with Crippen molar-refractivity contribution in [2.24, 2.45) is 0 Å². The number of ether oxygens (including phenoxy) is 1. The summed E-state index contributed by atoms with van der Waals surface area (Å²) in [6.07, 6.45) is 5.88. The highest BCUT2D eigenvalue weighted by Crippen LogP contribution is 2.24. The second-order valence-electron chi connectivity index (χ2n) is 7.22. The fourth-order valence-electron chi connectivity index (χ4n) is 3.38. The number of morpholine rings is 1. The fraction of sp³-hybridized carbons (Fsp3) is 0.304. The smallest absolute Gasteiger partial charge is 0.256 e. The number of pyridine rings is 1. The van der Waals surface area contributed by atoms with Gasteiger partial charge >= 0.3 is 0 Å². The zero-order valence-corrected chi connectivity index (χ0v) is 18.8. The summed E-state index contributed by atoms with van der Waals surface area (Å²) in [7, 11) is 0. The summed E-state index contributed by atoms with van der Waals surface area (Å²) in [6.45, 7) is 3.75. The zero-order valence-electron chi connectivity index (χ0n) is 18.0. The molecule has 8 nitrogen and oxygen atoms in total. The lowest BCUT2D eigenvalue weighted by Crippen LogP contribution is -2.36. The van der Waals surface area contributed by atoms with E-state index in [0.717, 1.165) is 43.4 Å². The first-order valence-corrected chi connectivity index (χ1v) is 11.7. The molecule has 3 aromatic rings. The van der Waals surface area contributed by atoms with Gasteiger partial charge in [0.05, 0.1) is 13.2 Å². The van der Waals surface area contributed by atoms with Gasteiger partial charge in [0, 0.05) is 55.5 Å². The maximum atomic E-state index is 12.8. The number of aromatic nitrogens is 3. The van der Waals surface area contributed by atoms with E-state index in [2.05, 4.69) is 42.6 Å². The van der Waals surface area contributed by atoms with Crippen molar-refractivity contribution in [2.45, 2.75) is 11.6 Å². The predicted octanol–water partition coefficient (Wildman–Crippen LogP) is 3.15. The Morgan fingerprint density at radius 3 is 2.66 bits per heavy atom. The van der Waals surface area contributed by atoms with Crippen molar-refractivity contribution in [1.82, 2.24) is 20.3 Å². The first-order valence-electron chi connectivity index (χ1n) is 10.5. The fourth-order valence-corrected chi connectivity index (χ4v) is 3.73. The van der Waals surface area contributed by atoms with Gasteiger partial charge in [0.15, 0.2) is 5.16 Å². The molecule has 0 atom stereocenters. The third kappa shape index (κ3) is 5.74. The normalized spacial score (nSPS) is 13.6. The van der Waals surface area contributed by atoms with Gasteiger partial charge in [-0.3, -0.25) is 9.78 Å². The van der Waals surface area contributed by atoms with E-state index >= 15 is 0 Å². The van der Waals surface area contributed by atoms with E-state index in [0.29, 0.717) is 29.5 Å². The summed E-state index contributed by atoms with van der Waals surface area (Å²) in [5.41, 5.74) is 3.34. The van der Waals surface area contributed by atoms with Crippen LogP contribution in [0.2, 0.25) is 0 Å². The van der Waals surface area contributed by atoms with E-state index in [1.807, 2.05) is 36.6 Å². The topological polar surface area (TPSA) is 92.3 Å². The molecule has 1 aromatic carbocycles. The van der Waals surface area contributed by atoms with Gasteiger partial charge in [-0.1, -0.05) is 17.8 Å². The van der Waals surface area contributed by atoms with Crippen molar-refractivity contribution in [3.63, 3.8) is 0 Å². The number of rotatable bonds is 8. The molecule has 0 saturated carbocycles. The van der Waals surface area contributed by atoms with Crippen molar-refractivity contribution in [1.29, 1.82) is 0 Å². The minimum Gasteiger partial charge on any atom is -0.378 e. The van der Waals surface area contributed by atoms with Crippen LogP contribution in [0.1, 0.15) is 16.1 Å². The highest BCUT2D eigenvalue weighted by atomic mass is 32.2. The van der Waals surface area contributed by atoms with Crippen LogP contribution in [0.25, 0.3) is 0 Å². The molecule has 0 radical (unpaired) electrons. The molecule has 3 heterocycles. The van der Waals surface area contributed by atoms with Gasteiger partial charge in [0.2, 0.25) is 0 Å². The highest BCUT2D eigenvalue weighted by Gasteiger charge is 2.16. The van der Waals surface area contributed by atoms with E-state index in [1.165, 1.54) is 11.8 Å². The molecule has 9 heteroatoms. The molecule has 0 bridgehead atoms. The Bertz CT molecular complexity index is 1030. The Hall–Kier alpha value is -3.17. The van der Waals surface area contributed by atoms with Crippen LogP contribution in [0.3, 0.4) is 0 Å².